The van der Waals surface area contributed by atoms with Crippen LogP contribution in [0.2, 0.25) is 0 Å². The molecule has 0 fully saturated rings. The smallest absolute Gasteiger partial charge is 0.254 e. The molecule has 0 aliphatic carbocycles. The number of aryl methyl sites for hydroxylation is 1. The first-order valence-electron chi connectivity index (χ1n) is 7.12. The minimum absolute atomic E-state index is 0.0767. The fourth-order valence-electron chi connectivity index (χ4n) is 2.00. The van der Waals surface area contributed by atoms with Crippen LogP contribution in [0.3, 0.4) is 0 Å². The Morgan fingerprint density at radius 2 is 2.00 bits per heavy atom. The summed E-state index contributed by atoms with van der Waals surface area (Å²) in [6, 6.07) is 5.91. The van der Waals surface area contributed by atoms with E-state index in [1.165, 1.54) is 0 Å². The third kappa shape index (κ3) is 5.08. The van der Waals surface area contributed by atoms with Crippen LogP contribution in [0.5, 0.6) is 0 Å². The molecule has 21 heavy (non-hydrogen) atoms. The lowest BCUT2D eigenvalue weighted by molar-refractivity contribution is -0.122. The highest BCUT2D eigenvalue weighted by molar-refractivity contribution is 7.98. The molecule has 0 saturated heterocycles. The van der Waals surface area contributed by atoms with Crippen molar-refractivity contribution in [3.8, 4) is 0 Å². The molecule has 0 heterocycles. The summed E-state index contributed by atoms with van der Waals surface area (Å²) in [5, 5.41) is 2.81. The summed E-state index contributed by atoms with van der Waals surface area (Å²) >= 11 is 1.60. The Hall–Kier alpha value is -1.49. The van der Waals surface area contributed by atoms with E-state index < -0.39 is 0 Å². The van der Waals surface area contributed by atoms with Gasteiger partial charge in [-0.15, -0.1) is 11.8 Å². The summed E-state index contributed by atoms with van der Waals surface area (Å²) in [4.78, 5) is 27.1. The molecular weight excluding hydrogens is 284 g/mol. The van der Waals surface area contributed by atoms with Gasteiger partial charge < -0.3 is 10.2 Å². The van der Waals surface area contributed by atoms with E-state index in [2.05, 4.69) is 5.32 Å². The molecule has 0 bridgehead atoms. The molecule has 0 atom stereocenters. The van der Waals surface area contributed by atoms with Crippen molar-refractivity contribution in [1.82, 2.24) is 10.2 Å². The van der Waals surface area contributed by atoms with Crippen molar-refractivity contribution >= 4 is 23.6 Å². The van der Waals surface area contributed by atoms with Gasteiger partial charge in [0.2, 0.25) is 5.91 Å². The van der Waals surface area contributed by atoms with Gasteiger partial charge in [-0.3, -0.25) is 9.59 Å². The number of benzene rings is 1. The molecule has 0 spiro atoms. The van der Waals surface area contributed by atoms with Crippen LogP contribution in [0.25, 0.3) is 0 Å². The predicted molar refractivity (Wildman–Crippen MR) is 87.8 cm³/mol. The maximum absolute atomic E-state index is 12.6. The lowest BCUT2D eigenvalue weighted by Gasteiger charge is -2.22. The van der Waals surface area contributed by atoms with E-state index in [1.807, 2.05) is 52.1 Å². The number of carbonyl (C=O) groups is 2. The van der Waals surface area contributed by atoms with Crippen LogP contribution < -0.4 is 5.32 Å². The largest absolute Gasteiger partial charge is 0.352 e. The Bertz CT molecular complexity index is 515. The monoisotopic (exact) mass is 308 g/mol. The number of nitrogens with zero attached hydrogens (tertiary/aromatic N) is 1. The highest BCUT2D eigenvalue weighted by Gasteiger charge is 2.19. The Morgan fingerprint density at radius 3 is 2.52 bits per heavy atom. The van der Waals surface area contributed by atoms with E-state index in [0.717, 1.165) is 10.5 Å². The molecule has 0 unspecified atom stereocenters. The number of nitrogens with one attached hydrogen (secondary N) is 1. The van der Waals surface area contributed by atoms with Crippen molar-refractivity contribution in [3.05, 3.63) is 29.3 Å². The molecule has 1 rings (SSSR count). The third-order valence-corrected chi connectivity index (χ3v) is 3.85. The first-order chi connectivity index (χ1) is 9.88. The van der Waals surface area contributed by atoms with Gasteiger partial charge in [-0.05, 0) is 51.6 Å². The van der Waals surface area contributed by atoms with Gasteiger partial charge in [0, 0.05) is 23.0 Å². The minimum atomic E-state index is -0.126. The number of thioether (sulfide) groups is 1. The number of rotatable bonds is 6. The summed E-state index contributed by atoms with van der Waals surface area (Å²) in [6.45, 7) is 8.21. The summed E-state index contributed by atoms with van der Waals surface area (Å²) in [5.41, 5.74) is 1.60. The van der Waals surface area contributed by atoms with E-state index >= 15 is 0 Å². The molecule has 1 aromatic carbocycles. The van der Waals surface area contributed by atoms with Crippen molar-refractivity contribution in [2.24, 2.45) is 0 Å². The molecule has 0 aliphatic rings. The van der Waals surface area contributed by atoms with Crippen LogP contribution in [0.4, 0.5) is 0 Å². The summed E-state index contributed by atoms with van der Waals surface area (Å²) in [6.07, 6.45) is 1.98. The summed E-state index contributed by atoms with van der Waals surface area (Å²) < 4.78 is 0. The number of likely N-dealkylation sites (N-methyl/N-ethyl adjacent to an activating group) is 1. The maximum Gasteiger partial charge on any atom is 0.254 e. The van der Waals surface area contributed by atoms with Crippen molar-refractivity contribution in [1.29, 1.82) is 0 Å². The van der Waals surface area contributed by atoms with Gasteiger partial charge in [0.25, 0.3) is 5.91 Å². The Kier molecular flexibility index (Phi) is 6.75. The van der Waals surface area contributed by atoms with Crippen LogP contribution >= 0.6 is 11.8 Å². The topological polar surface area (TPSA) is 49.4 Å². The molecule has 0 aromatic heterocycles. The van der Waals surface area contributed by atoms with E-state index in [1.54, 1.807) is 16.7 Å². The third-order valence-electron chi connectivity index (χ3n) is 3.13. The van der Waals surface area contributed by atoms with Crippen molar-refractivity contribution < 1.29 is 9.59 Å². The zero-order valence-electron chi connectivity index (χ0n) is 13.4. The first kappa shape index (κ1) is 17.6. The van der Waals surface area contributed by atoms with E-state index in [9.17, 15) is 9.59 Å². The average Bonchev–Trinajstić information content (AvgIpc) is 2.43. The maximum atomic E-state index is 12.6. The normalized spacial score (nSPS) is 10.6. The van der Waals surface area contributed by atoms with Crippen molar-refractivity contribution in [2.75, 3.05) is 19.3 Å². The molecule has 4 nitrogen and oxygen atoms in total. The van der Waals surface area contributed by atoms with E-state index in [0.29, 0.717) is 12.1 Å². The van der Waals surface area contributed by atoms with E-state index in [4.69, 9.17) is 0 Å². The average molecular weight is 308 g/mol. The number of amides is 2. The molecule has 0 aliphatic heterocycles. The molecule has 1 N–H and O–H groups in total. The molecule has 5 heteroatoms. The highest BCUT2D eigenvalue weighted by atomic mass is 32.2. The van der Waals surface area contributed by atoms with Crippen LogP contribution in [-0.4, -0.2) is 42.1 Å². The van der Waals surface area contributed by atoms with Crippen molar-refractivity contribution in [3.63, 3.8) is 0 Å². The van der Waals surface area contributed by atoms with Gasteiger partial charge in [0.05, 0.1) is 6.54 Å². The molecule has 2 amide bonds. The minimum Gasteiger partial charge on any atom is -0.352 e. The SMILES string of the molecule is CCN(CC(=O)NC(C)C)C(=O)c1cc(SC)ccc1C. The molecule has 0 saturated carbocycles. The molecular formula is C16H24N2O2S. The Balaban J connectivity index is 2.90. The van der Waals surface area contributed by atoms with Crippen molar-refractivity contribution in [2.45, 2.75) is 38.6 Å². The number of hydrogen-bond donors (Lipinski definition) is 1. The summed E-state index contributed by atoms with van der Waals surface area (Å²) in [5.74, 6) is -0.219. The fourth-order valence-corrected chi connectivity index (χ4v) is 2.44. The van der Waals surface area contributed by atoms with Gasteiger partial charge in [-0.1, -0.05) is 6.07 Å². The quantitative estimate of drug-likeness (QED) is 0.822. The Labute approximate surface area is 131 Å². The Morgan fingerprint density at radius 1 is 1.33 bits per heavy atom. The van der Waals surface area contributed by atoms with Crippen LogP contribution in [-0.2, 0) is 4.79 Å². The van der Waals surface area contributed by atoms with Gasteiger partial charge in [-0.2, -0.15) is 0 Å². The predicted octanol–water partition coefficient (Wildman–Crippen LogP) is 2.70. The zero-order valence-corrected chi connectivity index (χ0v) is 14.2. The van der Waals surface area contributed by atoms with Gasteiger partial charge in [0.15, 0.2) is 0 Å². The lowest BCUT2D eigenvalue weighted by atomic mass is 10.1. The first-order valence-corrected chi connectivity index (χ1v) is 8.34. The highest BCUT2D eigenvalue weighted by Crippen LogP contribution is 2.20. The molecule has 116 valence electrons. The number of carbonyl (C=O) groups excluding carboxylic acids is 2. The molecule has 1 aromatic rings. The second-order valence-corrected chi connectivity index (χ2v) is 6.10. The molecule has 0 radical (unpaired) electrons. The van der Waals surface area contributed by atoms with Crippen LogP contribution in [0, 0.1) is 6.92 Å². The summed E-state index contributed by atoms with van der Waals surface area (Å²) in [7, 11) is 0. The number of hydrogen-bond acceptors (Lipinski definition) is 3. The van der Waals surface area contributed by atoms with Crippen LogP contribution in [0.15, 0.2) is 23.1 Å². The van der Waals surface area contributed by atoms with Gasteiger partial charge in [-0.25, -0.2) is 0 Å². The second kappa shape index (κ2) is 8.08. The van der Waals surface area contributed by atoms with Gasteiger partial charge >= 0.3 is 0 Å². The second-order valence-electron chi connectivity index (χ2n) is 5.22. The zero-order chi connectivity index (χ0) is 16.0. The fraction of sp³-hybridized carbons (Fsp3) is 0.500. The van der Waals surface area contributed by atoms with E-state index in [-0.39, 0.29) is 24.4 Å². The standard InChI is InChI=1S/C16H24N2O2S/c1-6-18(10-15(19)17-11(2)3)16(20)14-9-13(21-5)8-7-12(14)4/h7-9,11H,6,10H2,1-5H3,(H,17,19). The van der Waals surface area contributed by atoms with Gasteiger partial charge in [0.1, 0.15) is 0 Å². The lowest BCUT2D eigenvalue weighted by Crippen LogP contribution is -2.42. The van der Waals surface area contributed by atoms with Crippen LogP contribution in [0.1, 0.15) is 36.7 Å².